The third-order valence-corrected chi connectivity index (χ3v) is 7.59. The zero-order valence-corrected chi connectivity index (χ0v) is 21.5. The van der Waals surface area contributed by atoms with Gasteiger partial charge in [-0.1, -0.05) is 41.4 Å². The number of fused-ring (bicyclic) bond motifs is 1. The van der Waals surface area contributed by atoms with Crippen molar-refractivity contribution in [2.24, 2.45) is 0 Å². The van der Waals surface area contributed by atoms with E-state index in [0.29, 0.717) is 14.9 Å². The summed E-state index contributed by atoms with van der Waals surface area (Å²) in [5.74, 6) is -1.96. The number of benzene rings is 2. The number of hydrogen-bond donors (Lipinski definition) is 1. The second-order valence-corrected chi connectivity index (χ2v) is 11.7. The quantitative estimate of drug-likeness (QED) is 0.621. The number of hydrogen-bond acceptors (Lipinski definition) is 5. The van der Waals surface area contributed by atoms with Crippen LogP contribution in [0.25, 0.3) is 0 Å². The zero-order valence-electron chi connectivity index (χ0n) is 19.1. The first-order valence-corrected chi connectivity index (χ1v) is 12.6. The topological polar surface area (TPSA) is 104 Å². The van der Waals surface area contributed by atoms with Crippen LogP contribution in [0.3, 0.4) is 0 Å². The Balaban J connectivity index is 1.93. The molecule has 3 amide bonds. The first-order valence-electron chi connectivity index (χ1n) is 10.4. The van der Waals surface area contributed by atoms with Gasteiger partial charge in [0.1, 0.15) is 17.5 Å². The molecule has 1 aliphatic heterocycles. The maximum absolute atomic E-state index is 13.4. The van der Waals surface area contributed by atoms with Crippen molar-refractivity contribution in [2.45, 2.75) is 50.7 Å². The van der Waals surface area contributed by atoms with Gasteiger partial charge in [0.2, 0.25) is 11.8 Å². The molecule has 0 radical (unpaired) electrons. The fraction of sp³-hybridized carbons (Fsp3) is 0.348. The molecule has 0 unspecified atom stereocenters. The molecule has 11 heteroatoms. The molecule has 0 fully saturated rings. The molecule has 2 aromatic rings. The molecule has 0 aromatic heterocycles. The summed E-state index contributed by atoms with van der Waals surface area (Å²) in [5, 5.41) is 3.49. The fourth-order valence-corrected chi connectivity index (χ4v) is 5.48. The Bertz CT molecular complexity index is 1260. The molecule has 1 atom stereocenters. The van der Waals surface area contributed by atoms with Gasteiger partial charge in [-0.05, 0) is 57.5 Å². The third kappa shape index (κ3) is 5.37. The van der Waals surface area contributed by atoms with Gasteiger partial charge in [-0.25, -0.2) is 12.7 Å². The maximum Gasteiger partial charge on any atom is 0.269 e. The summed E-state index contributed by atoms with van der Waals surface area (Å²) in [6.45, 7) is 6.07. The van der Waals surface area contributed by atoms with Crippen molar-refractivity contribution in [1.29, 1.82) is 0 Å². The molecule has 1 aliphatic rings. The lowest BCUT2D eigenvalue weighted by atomic mass is 10.1. The van der Waals surface area contributed by atoms with E-state index in [0.717, 1.165) is 0 Å². The smallest absolute Gasteiger partial charge is 0.269 e. The Kier molecular flexibility index (Phi) is 7.31. The molecule has 8 nitrogen and oxygen atoms in total. The summed E-state index contributed by atoms with van der Waals surface area (Å²) in [6.07, 6.45) is 0. The Morgan fingerprint density at radius 3 is 2.35 bits per heavy atom. The molecule has 0 spiro atoms. The van der Waals surface area contributed by atoms with Crippen LogP contribution in [-0.2, 0) is 26.2 Å². The number of nitrogens with one attached hydrogen (secondary N) is 1. The van der Waals surface area contributed by atoms with Crippen molar-refractivity contribution in [2.75, 3.05) is 6.54 Å². The normalized spacial score (nSPS) is 15.6. The molecule has 3 rings (SSSR count). The molecular weight excluding hydrogens is 501 g/mol. The fourth-order valence-electron chi connectivity index (χ4n) is 3.49. The average molecular weight is 526 g/mol. The Hall–Kier alpha value is -2.62. The number of carbonyl (C=O) groups excluding carboxylic acids is 3. The molecule has 1 heterocycles. The van der Waals surface area contributed by atoms with E-state index in [1.165, 1.54) is 36.1 Å². The van der Waals surface area contributed by atoms with Gasteiger partial charge in [0, 0.05) is 22.1 Å². The highest BCUT2D eigenvalue weighted by Crippen LogP contribution is 2.30. The van der Waals surface area contributed by atoms with E-state index in [9.17, 15) is 22.8 Å². The highest BCUT2D eigenvalue weighted by atomic mass is 35.5. The average Bonchev–Trinajstić information content (AvgIpc) is 2.92. The van der Waals surface area contributed by atoms with Gasteiger partial charge >= 0.3 is 0 Å². The second kappa shape index (κ2) is 9.56. The van der Waals surface area contributed by atoms with E-state index in [4.69, 9.17) is 23.2 Å². The van der Waals surface area contributed by atoms with Crippen molar-refractivity contribution < 1.29 is 22.8 Å². The lowest BCUT2D eigenvalue weighted by Crippen LogP contribution is -2.54. The molecule has 1 N–H and O–H groups in total. The van der Waals surface area contributed by atoms with Gasteiger partial charge in [-0.15, -0.1) is 0 Å². The van der Waals surface area contributed by atoms with Crippen LogP contribution in [0, 0.1) is 0 Å². The number of rotatable bonds is 6. The molecule has 0 aliphatic carbocycles. The minimum atomic E-state index is -4.19. The van der Waals surface area contributed by atoms with E-state index < -0.39 is 45.9 Å². The maximum atomic E-state index is 13.4. The van der Waals surface area contributed by atoms with Crippen molar-refractivity contribution in [3.05, 3.63) is 63.6 Å². The van der Waals surface area contributed by atoms with Gasteiger partial charge in [0.15, 0.2) is 0 Å². The predicted octanol–water partition coefficient (Wildman–Crippen LogP) is 3.47. The van der Waals surface area contributed by atoms with Crippen LogP contribution >= 0.6 is 23.2 Å². The van der Waals surface area contributed by atoms with Crippen LogP contribution in [0.4, 0.5) is 0 Å². The zero-order chi connectivity index (χ0) is 25.4. The van der Waals surface area contributed by atoms with Gasteiger partial charge in [-0.2, -0.15) is 0 Å². The summed E-state index contributed by atoms with van der Waals surface area (Å²) < 4.78 is 26.4. The van der Waals surface area contributed by atoms with Gasteiger partial charge in [0.25, 0.3) is 15.9 Å². The second-order valence-electron chi connectivity index (χ2n) is 8.99. The molecular formula is C23H25Cl2N3O5S. The van der Waals surface area contributed by atoms with Crippen LogP contribution in [-0.4, -0.2) is 53.5 Å². The highest BCUT2D eigenvalue weighted by Gasteiger charge is 2.43. The number of halogens is 2. The van der Waals surface area contributed by atoms with Crippen LogP contribution in [0.1, 0.15) is 43.6 Å². The Labute approximate surface area is 208 Å². The van der Waals surface area contributed by atoms with E-state index in [1.54, 1.807) is 39.0 Å². The molecule has 0 saturated carbocycles. The van der Waals surface area contributed by atoms with Gasteiger partial charge < -0.3 is 10.2 Å². The Morgan fingerprint density at radius 1 is 1.12 bits per heavy atom. The monoisotopic (exact) mass is 525 g/mol. The summed E-state index contributed by atoms with van der Waals surface area (Å²) in [4.78, 5) is 40.1. The molecule has 0 saturated heterocycles. The molecule has 182 valence electrons. The standard InChI is InChI=1S/C23H25Cl2N3O5S/c1-14(21(30)26-23(2,3)4)27(12-15-9-10-16(24)11-18(15)25)20(29)13-28-22(31)17-7-5-6-8-19(17)34(28,32)33/h5-11,14H,12-13H2,1-4H3,(H,26,30)/t14-/m0/s1. The molecule has 0 bridgehead atoms. The Morgan fingerprint density at radius 2 is 1.76 bits per heavy atom. The van der Waals surface area contributed by atoms with Crippen molar-refractivity contribution in [3.8, 4) is 0 Å². The molecule has 2 aromatic carbocycles. The van der Waals surface area contributed by atoms with Crippen LogP contribution in [0.15, 0.2) is 47.4 Å². The number of amides is 3. The minimum absolute atomic E-state index is 0.00104. The first kappa shape index (κ1) is 26.0. The molecule has 34 heavy (non-hydrogen) atoms. The van der Waals surface area contributed by atoms with Crippen molar-refractivity contribution in [1.82, 2.24) is 14.5 Å². The van der Waals surface area contributed by atoms with E-state index in [2.05, 4.69) is 5.32 Å². The van der Waals surface area contributed by atoms with E-state index >= 15 is 0 Å². The summed E-state index contributed by atoms with van der Waals surface area (Å²) in [7, 11) is -4.19. The van der Waals surface area contributed by atoms with E-state index in [1.807, 2.05) is 0 Å². The lowest BCUT2D eigenvalue weighted by Gasteiger charge is -2.32. The van der Waals surface area contributed by atoms with Crippen LogP contribution in [0.5, 0.6) is 0 Å². The van der Waals surface area contributed by atoms with Crippen molar-refractivity contribution >= 4 is 50.9 Å². The summed E-state index contributed by atoms with van der Waals surface area (Å²) in [5.41, 5.74) is -0.0525. The predicted molar refractivity (Wildman–Crippen MR) is 129 cm³/mol. The number of carbonyl (C=O) groups is 3. The lowest BCUT2D eigenvalue weighted by molar-refractivity contribution is -0.141. The van der Waals surface area contributed by atoms with E-state index in [-0.39, 0.29) is 22.0 Å². The minimum Gasteiger partial charge on any atom is -0.350 e. The van der Waals surface area contributed by atoms with Crippen LogP contribution in [0.2, 0.25) is 10.0 Å². The van der Waals surface area contributed by atoms with Crippen molar-refractivity contribution in [3.63, 3.8) is 0 Å². The third-order valence-electron chi connectivity index (χ3n) is 5.21. The van der Waals surface area contributed by atoms with Crippen LogP contribution < -0.4 is 5.32 Å². The van der Waals surface area contributed by atoms with Gasteiger partial charge in [-0.3, -0.25) is 14.4 Å². The summed E-state index contributed by atoms with van der Waals surface area (Å²) >= 11 is 12.3. The first-order chi connectivity index (χ1) is 15.7. The SMILES string of the molecule is C[C@@H](C(=O)NC(C)(C)C)N(Cc1ccc(Cl)cc1Cl)C(=O)CN1C(=O)c2ccccc2S1(=O)=O. The van der Waals surface area contributed by atoms with Gasteiger partial charge in [0.05, 0.1) is 5.56 Å². The number of sulfonamides is 1. The number of nitrogens with zero attached hydrogens (tertiary/aromatic N) is 2. The highest BCUT2D eigenvalue weighted by molar-refractivity contribution is 7.90. The summed E-state index contributed by atoms with van der Waals surface area (Å²) in [6, 6.07) is 9.49. The largest absolute Gasteiger partial charge is 0.350 e.